The number of benzene rings is 1. The summed E-state index contributed by atoms with van der Waals surface area (Å²) in [6.45, 7) is 0.242. The Kier molecular flexibility index (Phi) is 3.14. The zero-order valence-corrected chi connectivity index (χ0v) is 12.1. The highest BCUT2D eigenvalue weighted by atomic mass is 16.6. The highest BCUT2D eigenvalue weighted by Gasteiger charge is 2.29. The molecule has 0 saturated heterocycles. The van der Waals surface area contributed by atoms with Gasteiger partial charge in [0.25, 0.3) is 0 Å². The third kappa shape index (κ3) is 2.59. The summed E-state index contributed by atoms with van der Waals surface area (Å²) < 4.78 is 5.55. The SMILES string of the molecule is O=[N+]([O-])c1c(NCc2nnc(C3CC3)o2)ccc2ncccc12. The monoisotopic (exact) mass is 311 g/mol. The van der Waals surface area contributed by atoms with Crippen LogP contribution in [0.2, 0.25) is 0 Å². The van der Waals surface area contributed by atoms with Gasteiger partial charge in [-0.2, -0.15) is 0 Å². The molecule has 116 valence electrons. The van der Waals surface area contributed by atoms with Crippen molar-refractivity contribution < 1.29 is 9.34 Å². The van der Waals surface area contributed by atoms with Crippen LogP contribution in [-0.2, 0) is 6.54 Å². The molecule has 1 aliphatic rings. The Morgan fingerprint density at radius 3 is 2.96 bits per heavy atom. The van der Waals surface area contributed by atoms with E-state index in [-0.39, 0.29) is 12.2 Å². The number of nitrogens with zero attached hydrogens (tertiary/aromatic N) is 4. The van der Waals surface area contributed by atoms with Gasteiger partial charge in [0.1, 0.15) is 5.69 Å². The van der Waals surface area contributed by atoms with Crippen LogP contribution in [0.3, 0.4) is 0 Å². The van der Waals surface area contributed by atoms with Gasteiger partial charge in [-0.1, -0.05) is 0 Å². The average Bonchev–Trinajstić information content (AvgIpc) is 3.30. The lowest BCUT2D eigenvalue weighted by Crippen LogP contribution is -2.03. The molecule has 0 unspecified atom stereocenters. The van der Waals surface area contributed by atoms with Gasteiger partial charge in [-0.05, 0) is 37.1 Å². The molecule has 1 aliphatic carbocycles. The number of nitro groups is 1. The Morgan fingerprint density at radius 1 is 1.30 bits per heavy atom. The van der Waals surface area contributed by atoms with E-state index in [0.29, 0.717) is 34.3 Å². The quantitative estimate of drug-likeness (QED) is 0.570. The summed E-state index contributed by atoms with van der Waals surface area (Å²) in [4.78, 5) is 15.2. The summed E-state index contributed by atoms with van der Waals surface area (Å²) in [5, 5.41) is 22.9. The molecule has 0 radical (unpaired) electrons. The molecular weight excluding hydrogens is 298 g/mol. The topological polar surface area (TPSA) is 107 Å². The second-order valence-corrected chi connectivity index (χ2v) is 5.45. The standard InChI is InChI=1S/C15H13N5O3/c21-20(22)14-10-2-1-7-16-11(10)5-6-12(14)17-8-13-18-19-15(23-13)9-3-4-9/h1-2,5-7,9,17H,3-4,8H2. The third-order valence-electron chi connectivity index (χ3n) is 3.78. The van der Waals surface area contributed by atoms with Crippen LogP contribution in [-0.4, -0.2) is 20.1 Å². The van der Waals surface area contributed by atoms with Gasteiger partial charge in [-0.3, -0.25) is 15.1 Å². The van der Waals surface area contributed by atoms with Gasteiger partial charge in [0, 0.05) is 12.1 Å². The first-order valence-electron chi connectivity index (χ1n) is 7.30. The number of nitrogens with one attached hydrogen (secondary N) is 1. The van der Waals surface area contributed by atoms with Gasteiger partial charge in [0.15, 0.2) is 0 Å². The zero-order valence-electron chi connectivity index (χ0n) is 12.1. The van der Waals surface area contributed by atoms with Crippen molar-refractivity contribution in [2.24, 2.45) is 0 Å². The van der Waals surface area contributed by atoms with Crippen LogP contribution in [0.25, 0.3) is 10.9 Å². The maximum Gasteiger partial charge on any atom is 0.301 e. The largest absolute Gasteiger partial charge is 0.423 e. The lowest BCUT2D eigenvalue weighted by Gasteiger charge is -2.07. The summed E-state index contributed by atoms with van der Waals surface area (Å²) in [5.41, 5.74) is 0.984. The van der Waals surface area contributed by atoms with Crippen molar-refractivity contribution in [1.82, 2.24) is 15.2 Å². The molecule has 0 aliphatic heterocycles. The molecule has 2 aromatic heterocycles. The van der Waals surface area contributed by atoms with Crippen molar-refractivity contribution >= 4 is 22.3 Å². The van der Waals surface area contributed by atoms with Gasteiger partial charge in [0.2, 0.25) is 11.8 Å². The smallest absolute Gasteiger partial charge is 0.301 e. The summed E-state index contributed by atoms with van der Waals surface area (Å²) in [6.07, 6.45) is 3.77. The van der Waals surface area contributed by atoms with E-state index in [0.717, 1.165) is 12.8 Å². The first kappa shape index (κ1) is 13.6. The van der Waals surface area contributed by atoms with Crippen LogP contribution >= 0.6 is 0 Å². The highest BCUT2D eigenvalue weighted by molar-refractivity contribution is 5.94. The molecule has 3 aromatic rings. The predicted octanol–water partition coefficient (Wildman–Crippen LogP) is 3.02. The molecule has 0 amide bonds. The number of aromatic nitrogens is 3. The number of hydrogen-bond acceptors (Lipinski definition) is 7. The molecule has 8 nitrogen and oxygen atoms in total. The van der Waals surface area contributed by atoms with Crippen LogP contribution in [0.4, 0.5) is 11.4 Å². The lowest BCUT2D eigenvalue weighted by atomic mass is 10.1. The van der Waals surface area contributed by atoms with Crippen molar-refractivity contribution in [3.05, 3.63) is 52.4 Å². The van der Waals surface area contributed by atoms with Crippen molar-refractivity contribution in [3.63, 3.8) is 0 Å². The molecule has 4 rings (SSSR count). The number of pyridine rings is 1. The van der Waals surface area contributed by atoms with Gasteiger partial charge < -0.3 is 9.73 Å². The fraction of sp³-hybridized carbons (Fsp3) is 0.267. The second-order valence-electron chi connectivity index (χ2n) is 5.45. The van der Waals surface area contributed by atoms with Crippen molar-refractivity contribution in [2.75, 3.05) is 5.32 Å². The maximum atomic E-state index is 11.4. The third-order valence-corrected chi connectivity index (χ3v) is 3.78. The van der Waals surface area contributed by atoms with Gasteiger partial charge in [0.05, 0.1) is 22.4 Å². The molecule has 0 spiro atoms. The Morgan fingerprint density at radius 2 is 2.17 bits per heavy atom. The van der Waals surface area contributed by atoms with E-state index < -0.39 is 4.92 Å². The first-order valence-corrected chi connectivity index (χ1v) is 7.30. The number of rotatable bonds is 5. The summed E-state index contributed by atoms with van der Waals surface area (Å²) in [6, 6.07) is 6.75. The van der Waals surface area contributed by atoms with Crippen LogP contribution in [0.15, 0.2) is 34.9 Å². The minimum atomic E-state index is -0.407. The Hall–Kier alpha value is -3.03. The molecular formula is C15H13N5O3. The normalized spacial score (nSPS) is 14.1. The molecule has 0 atom stereocenters. The van der Waals surface area contributed by atoms with Gasteiger partial charge >= 0.3 is 5.69 Å². The van der Waals surface area contributed by atoms with Crippen molar-refractivity contribution in [2.45, 2.75) is 25.3 Å². The van der Waals surface area contributed by atoms with Crippen LogP contribution in [0.1, 0.15) is 30.5 Å². The molecule has 1 saturated carbocycles. The molecule has 1 fully saturated rings. The molecule has 2 heterocycles. The van der Waals surface area contributed by atoms with Crippen LogP contribution < -0.4 is 5.32 Å². The summed E-state index contributed by atoms with van der Waals surface area (Å²) >= 11 is 0. The van der Waals surface area contributed by atoms with Crippen LogP contribution in [0, 0.1) is 10.1 Å². The fourth-order valence-electron chi connectivity index (χ4n) is 2.48. The van der Waals surface area contributed by atoms with E-state index >= 15 is 0 Å². The van der Waals surface area contributed by atoms with E-state index in [1.54, 1.807) is 30.5 Å². The molecule has 1 N–H and O–H groups in total. The Balaban J connectivity index is 1.62. The van der Waals surface area contributed by atoms with E-state index in [2.05, 4.69) is 20.5 Å². The van der Waals surface area contributed by atoms with Crippen molar-refractivity contribution in [1.29, 1.82) is 0 Å². The minimum Gasteiger partial charge on any atom is -0.423 e. The van der Waals surface area contributed by atoms with E-state index in [4.69, 9.17) is 4.42 Å². The summed E-state index contributed by atoms with van der Waals surface area (Å²) in [5.74, 6) is 1.46. The predicted molar refractivity (Wildman–Crippen MR) is 82.0 cm³/mol. The average molecular weight is 311 g/mol. The van der Waals surface area contributed by atoms with Crippen molar-refractivity contribution in [3.8, 4) is 0 Å². The Bertz CT molecular complexity index is 888. The lowest BCUT2D eigenvalue weighted by molar-refractivity contribution is -0.382. The number of nitro benzene ring substituents is 1. The van der Waals surface area contributed by atoms with E-state index in [1.807, 2.05) is 0 Å². The zero-order chi connectivity index (χ0) is 15.8. The molecule has 0 bridgehead atoms. The van der Waals surface area contributed by atoms with E-state index in [9.17, 15) is 10.1 Å². The first-order chi connectivity index (χ1) is 11.2. The van der Waals surface area contributed by atoms with Crippen LogP contribution in [0.5, 0.6) is 0 Å². The van der Waals surface area contributed by atoms with E-state index in [1.165, 1.54) is 0 Å². The highest BCUT2D eigenvalue weighted by Crippen LogP contribution is 2.39. The number of hydrogen-bond donors (Lipinski definition) is 1. The minimum absolute atomic E-state index is 0.00229. The number of fused-ring (bicyclic) bond motifs is 1. The molecule has 8 heteroatoms. The molecule has 23 heavy (non-hydrogen) atoms. The fourth-order valence-corrected chi connectivity index (χ4v) is 2.48. The summed E-state index contributed by atoms with van der Waals surface area (Å²) in [7, 11) is 0. The second kappa shape index (κ2) is 5.31. The number of anilines is 1. The van der Waals surface area contributed by atoms with Gasteiger partial charge in [-0.25, -0.2) is 0 Å². The van der Waals surface area contributed by atoms with Gasteiger partial charge in [-0.15, -0.1) is 10.2 Å². The Labute approximate surface area is 130 Å². The maximum absolute atomic E-state index is 11.4. The molecule has 1 aromatic carbocycles.